The molecule has 0 saturated heterocycles. The molecule has 1 fully saturated rings. The lowest BCUT2D eigenvalue weighted by Crippen LogP contribution is -2.64. The minimum absolute atomic E-state index is 0.0748. The van der Waals surface area contributed by atoms with E-state index in [1.165, 1.54) is 19.3 Å². The molecule has 1 aliphatic carbocycles. The van der Waals surface area contributed by atoms with E-state index in [1.54, 1.807) is 0 Å². The van der Waals surface area contributed by atoms with Gasteiger partial charge >= 0.3 is 19.8 Å². The fourth-order valence-corrected chi connectivity index (χ4v) is 7.34. The van der Waals surface area contributed by atoms with Gasteiger partial charge in [0.05, 0.1) is 6.61 Å². The molecule has 6 N–H and O–H groups in total. The van der Waals surface area contributed by atoms with Crippen LogP contribution in [-0.4, -0.2) is 98.3 Å². The van der Waals surface area contributed by atoms with Crippen LogP contribution in [0.4, 0.5) is 0 Å². The summed E-state index contributed by atoms with van der Waals surface area (Å²) in [5.74, 6) is -1.16. The van der Waals surface area contributed by atoms with Crippen molar-refractivity contribution in [1.82, 2.24) is 0 Å². The van der Waals surface area contributed by atoms with Gasteiger partial charge in [-0.15, -0.1) is 0 Å². The highest BCUT2D eigenvalue weighted by Crippen LogP contribution is 2.47. The number of phosphoric acid groups is 1. The van der Waals surface area contributed by atoms with Crippen LogP contribution in [0.1, 0.15) is 155 Å². The van der Waals surface area contributed by atoms with Crippen molar-refractivity contribution in [1.29, 1.82) is 0 Å². The second-order valence-electron chi connectivity index (χ2n) is 15.5. The van der Waals surface area contributed by atoms with Crippen LogP contribution in [0.25, 0.3) is 0 Å². The molecule has 0 spiro atoms. The Bertz CT molecular complexity index is 1340. The number of hydrogen-bond acceptors (Lipinski definition) is 12. The van der Waals surface area contributed by atoms with Crippen molar-refractivity contribution in [3.8, 4) is 0 Å². The molecular formula is C47H79O13P. The van der Waals surface area contributed by atoms with Gasteiger partial charge in [0.2, 0.25) is 0 Å². The van der Waals surface area contributed by atoms with E-state index >= 15 is 0 Å². The molecule has 0 aromatic carbocycles. The quantitative estimate of drug-likeness (QED) is 0.0151. The minimum Gasteiger partial charge on any atom is -0.462 e. The number of unbranched alkanes of at least 4 members (excludes halogenated alkanes) is 12. The summed E-state index contributed by atoms with van der Waals surface area (Å²) >= 11 is 0. The van der Waals surface area contributed by atoms with Gasteiger partial charge in [-0.25, -0.2) is 4.57 Å². The van der Waals surface area contributed by atoms with E-state index in [0.717, 1.165) is 96.3 Å². The van der Waals surface area contributed by atoms with Crippen molar-refractivity contribution < 1.29 is 63.1 Å². The minimum atomic E-state index is -5.13. The van der Waals surface area contributed by atoms with E-state index in [-0.39, 0.29) is 12.8 Å². The molecule has 0 amide bonds. The first kappa shape index (κ1) is 56.3. The number of esters is 2. The first-order chi connectivity index (χ1) is 29.4. The van der Waals surface area contributed by atoms with Gasteiger partial charge in [0.25, 0.3) is 0 Å². The van der Waals surface area contributed by atoms with Gasteiger partial charge in [-0.2, -0.15) is 0 Å². The van der Waals surface area contributed by atoms with Crippen LogP contribution in [-0.2, 0) is 32.7 Å². The highest BCUT2D eigenvalue weighted by Gasteiger charge is 2.51. The molecule has 1 rings (SSSR count). The Hall–Kier alpha value is -2.71. The van der Waals surface area contributed by atoms with E-state index in [1.807, 2.05) is 0 Å². The number of carbonyl (C=O) groups excluding carboxylic acids is 2. The van der Waals surface area contributed by atoms with Crippen LogP contribution in [0.15, 0.2) is 72.9 Å². The number of rotatable bonds is 36. The number of phosphoric ester groups is 1. The number of aliphatic hydroxyl groups is 5. The van der Waals surface area contributed by atoms with E-state index < -0.39 is 75.7 Å². The molecule has 6 unspecified atom stereocenters. The molecule has 0 heterocycles. The van der Waals surface area contributed by atoms with Gasteiger partial charge < -0.3 is 39.9 Å². The first-order valence-corrected chi connectivity index (χ1v) is 24.2. The van der Waals surface area contributed by atoms with Crippen molar-refractivity contribution >= 4 is 19.8 Å². The summed E-state index contributed by atoms with van der Waals surface area (Å²) in [5, 5.41) is 50.1. The Kier molecular flexibility index (Phi) is 33.9. The van der Waals surface area contributed by atoms with Crippen molar-refractivity contribution in [3.63, 3.8) is 0 Å². The second-order valence-corrected chi connectivity index (χ2v) is 16.9. The largest absolute Gasteiger partial charge is 0.472 e. The van der Waals surface area contributed by atoms with E-state index in [4.69, 9.17) is 18.5 Å². The van der Waals surface area contributed by atoms with Crippen LogP contribution in [0.5, 0.6) is 0 Å². The van der Waals surface area contributed by atoms with Gasteiger partial charge in [0.15, 0.2) is 6.10 Å². The molecule has 0 aliphatic heterocycles. The third-order valence-electron chi connectivity index (χ3n) is 10.0. The summed E-state index contributed by atoms with van der Waals surface area (Å²) in [7, 11) is -5.13. The molecule has 14 heteroatoms. The zero-order valence-electron chi connectivity index (χ0n) is 36.9. The smallest absolute Gasteiger partial charge is 0.462 e. The molecule has 1 saturated carbocycles. The molecule has 8 atom stereocenters. The molecule has 0 radical (unpaired) electrons. The lowest BCUT2D eigenvalue weighted by atomic mass is 9.85. The predicted molar refractivity (Wildman–Crippen MR) is 239 cm³/mol. The molecule has 350 valence electrons. The van der Waals surface area contributed by atoms with Crippen molar-refractivity contribution in [2.24, 2.45) is 0 Å². The highest BCUT2D eigenvalue weighted by molar-refractivity contribution is 7.47. The zero-order chi connectivity index (χ0) is 45.0. The Morgan fingerprint density at radius 3 is 1.46 bits per heavy atom. The van der Waals surface area contributed by atoms with Crippen LogP contribution < -0.4 is 0 Å². The van der Waals surface area contributed by atoms with Crippen molar-refractivity contribution in [3.05, 3.63) is 72.9 Å². The van der Waals surface area contributed by atoms with E-state index in [2.05, 4.69) is 86.8 Å². The second kappa shape index (κ2) is 36.7. The van der Waals surface area contributed by atoms with E-state index in [0.29, 0.717) is 12.8 Å². The molecule has 0 aromatic rings. The van der Waals surface area contributed by atoms with Crippen LogP contribution in [0.2, 0.25) is 0 Å². The average Bonchev–Trinajstić information content (AvgIpc) is 3.24. The number of aliphatic hydroxyl groups excluding tert-OH is 5. The lowest BCUT2D eigenvalue weighted by Gasteiger charge is -2.41. The Labute approximate surface area is 365 Å². The monoisotopic (exact) mass is 883 g/mol. The maximum absolute atomic E-state index is 12.8. The average molecular weight is 883 g/mol. The number of carbonyl (C=O) groups is 2. The first-order valence-electron chi connectivity index (χ1n) is 22.7. The number of ether oxygens (including phenoxy) is 2. The van der Waals surface area contributed by atoms with Crippen LogP contribution >= 0.6 is 7.82 Å². The Morgan fingerprint density at radius 2 is 0.934 bits per heavy atom. The maximum atomic E-state index is 12.8. The van der Waals surface area contributed by atoms with Gasteiger partial charge in [-0.1, -0.05) is 132 Å². The standard InChI is InChI=1S/C47H79O13P/c1-3-5-7-9-11-13-15-17-19-20-22-24-26-28-30-32-34-36-41(49)59-39(38-58-61(55,56)60-47-45(53)43(51)42(50)44(52)46(47)54)37-57-40(48)35-33-31-29-27-25-23-21-18-16-14-12-10-8-6-4-2/h6,8,11-14,17-19,21,25,27,39,42-47,50-54H,3-5,7,9-10,15-16,20,22-24,26,28-38H2,1-2H3,(H,55,56)/b8-6-,13-11-,14-12-,19-17-,21-18-,27-25-/t39-,42?,43-,44?,45?,46?,47?/m1/s1. The SMILES string of the molecule is CC/C=C\C/C=C\C/C=C\C/C=C\CCCCC(=O)OC[C@H](COP(=O)(O)OC1C(O)C(O)C(O)[C@@H](O)C1O)OC(=O)CCCCCCCCC/C=C\C/C=C\CCCCC. The van der Waals surface area contributed by atoms with Gasteiger partial charge in [-0.3, -0.25) is 18.6 Å². The lowest BCUT2D eigenvalue weighted by molar-refractivity contribution is -0.220. The molecule has 0 aromatic heterocycles. The molecule has 1 aliphatic rings. The Balaban J connectivity index is 2.51. The topological polar surface area (TPSA) is 210 Å². The van der Waals surface area contributed by atoms with Gasteiger partial charge in [0.1, 0.15) is 43.2 Å². The van der Waals surface area contributed by atoms with Crippen molar-refractivity contribution in [2.45, 2.75) is 198 Å². The van der Waals surface area contributed by atoms with E-state index in [9.17, 15) is 44.6 Å². The Morgan fingerprint density at radius 1 is 0.525 bits per heavy atom. The summed E-state index contributed by atoms with van der Waals surface area (Å²) in [5.41, 5.74) is 0. The predicted octanol–water partition coefficient (Wildman–Crippen LogP) is 8.72. The summed E-state index contributed by atoms with van der Waals surface area (Å²) in [4.78, 5) is 35.7. The highest BCUT2D eigenvalue weighted by atomic mass is 31.2. The summed E-state index contributed by atoms with van der Waals surface area (Å²) in [6.45, 7) is 3.10. The molecule has 0 bridgehead atoms. The summed E-state index contributed by atoms with van der Waals surface area (Å²) < 4.78 is 33.5. The summed E-state index contributed by atoms with van der Waals surface area (Å²) in [6, 6.07) is 0. The third-order valence-corrected chi connectivity index (χ3v) is 11.0. The van der Waals surface area contributed by atoms with Crippen molar-refractivity contribution in [2.75, 3.05) is 13.2 Å². The van der Waals surface area contributed by atoms with Crippen LogP contribution in [0.3, 0.4) is 0 Å². The zero-order valence-corrected chi connectivity index (χ0v) is 37.8. The fourth-order valence-electron chi connectivity index (χ4n) is 6.37. The normalized spacial score (nSPS) is 22.7. The third kappa shape index (κ3) is 29.3. The summed E-state index contributed by atoms with van der Waals surface area (Å²) in [6.07, 6.45) is 32.4. The maximum Gasteiger partial charge on any atom is 0.472 e. The van der Waals surface area contributed by atoms with Crippen LogP contribution in [0, 0.1) is 0 Å². The van der Waals surface area contributed by atoms with Gasteiger partial charge in [0, 0.05) is 12.8 Å². The van der Waals surface area contributed by atoms with Gasteiger partial charge in [-0.05, 0) is 83.5 Å². The molecular weight excluding hydrogens is 803 g/mol. The molecule has 13 nitrogen and oxygen atoms in total. The fraction of sp³-hybridized carbons (Fsp3) is 0.702. The number of hydrogen-bond donors (Lipinski definition) is 6. The number of allylic oxidation sites excluding steroid dienone is 12. The molecule has 61 heavy (non-hydrogen) atoms.